The van der Waals surface area contributed by atoms with E-state index in [0.717, 1.165) is 32.1 Å². The monoisotopic (exact) mass is 304 g/mol. The standard InChI is InChI=1S/C19H28O3/c1-12-5-8-17-19(4,22-17)10-9-15-14(12)11-18(15,3)16(21)7-6-13(2)20/h14-15,17H,1,5-11H2,2-4H3/t14-,15-,17-,18+,19+/m1/s1. The van der Waals surface area contributed by atoms with Crippen molar-refractivity contribution in [2.75, 3.05) is 0 Å². The van der Waals surface area contributed by atoms with Gasteiger partial charge in [0.15, 0.2) is 0 Å². The van der Waals surface area contributed by atoms with Gasteiger partial charge in [-0.05, 0) is 57.8 Å². The molecule has 122 valence electrons. The molecule has 1 aliphatic heterocycles. The summed E-state index contributed by atoms with van der Waals surface area (Å²) >= 11 is 0. The highest BCUT2D eigenvalue weighted by Gasteiger charge is 2.58. The van der Waals surface area contributed by atoms with E-state index in [-0.39, 0.29) is 22.6 Å². The van der Waals surface area contributed by atoms with Crippen molar-refractivity contribution in [2.24, 2.45) is 17.3 Å². The van der Waals surface area contributed by atoms with Crippen LogP contribution in [0.2, 0.25) is 0 Å². The fourth-order valence-electron chi connectivity index (χ4n) is 4.70. The SMILES string of the molecule is C=C1CC[C@H]2O[C@@]2(C)CC[C@@H]2[C@@H]1C[C@]2(C)C(=O)CCC(C)=O. The maximum absolute atomic E-state index is 12.7. The number of hydrogen-bond donors (Lipinski definition) is 0. The highest BCUT2D eigenvalue weighted by atomic mass is 16.6. The lowest BCUT2D eigenvalue weighted by Gasteiger charge is -2.53. The van der Waals surface area contributed by atoms with Gasteiger partial charge in [0.2, 0.25) is 0 Å². The number of Topliss-reactive ketones (excluding diaryl/α,β-unsaturated/α-hetero) is 2. The van der Waals surface area contributed by atoms with Crippen molar-refractivity contribution in [3.05, 3.63) is 12.2 Å². The molecule has 3 fully saturated rings. The van der Waals surface area contributed by atoms with Gasteiger partial charge in [-0.1, -0.05) is 19.1 Å². The zero-order valence-electron chi connectivity index (χ0n) is 14.1. The predicted molar refractivity (Wildman–Crippen MR) is 85.5 cm³/mol. The number of rotatable bonds is 4. The summed E-state index contributed by atoms with van der Waals surface area (Å²) in [6.45, 7) is 10.2. The summed E-state index contributed by atoms with van der Waals surface area (Å²) in [4.78, 5) is 23.8. The average molecular weight is 304 g/mol. The minimum atomic E-state index is -0.256. The summed E-state index contributed by atoms with van der Waals surface area (Å²) in [6, 6.07) is 0. The van der Waals surface area contributed by atoms with Crippen molar-refractivity contribution >= 4 is 11.6 Å². The van der Waals surface area contributed by atoms with E-state index in [2.05, 4.69) is 20.4 Å². The second kappa shape index (κ2) is 5.30. The van der Waals surface area contributed by atoms with Gasteiger partial charge >= 0.3 is 0 Å². The normalized spacial score (nSPS) is 43.8. The molecule has 3 nitrogen and oxygen atoms in total. The number of epoxide rings is 1. The van der Waals surface area contributed by atoms with Gasteiger partial charge in [0, 0.05) is 18.3 Å². The molecule has 0 aromatic heterocycles. The van der Waals surface area contributed by atoms with Crippen LogP contribution in [0.3, 0.4) is 0 Å². The number of ether oxygens (including phenoxy) is 1. The number of ketones is 2. The lowest BCUT2D eigenvalue weighted by atomic mass is 9.49. The van der Waals surface area contributed by atoms with Gasteiger partial charge in [-0.3, -0.25) is 4.79 Å². The Bertz CT molecular complexity index is 523. The summed E-state index contributed by atoms with van der Waals surface area (Å²) in [5.74, 6) is 1.26. The summed E-state index contributed by atoms with van der Waals surface area (Å²) in [5.41, 5.74) is 1.09. The third kappa shape index (κ3) is 2.58. The van der Waals surface area contributed by atoms with E-state index in [0.29, 0.717) is 30.8 Å². The van der Waals surface area contributed by atoms with Crippen molar-refractivity contribution in [1.82, 2.24) is 0 Å². The van der Waals surface area contributed by atoms with Crippen LogP contribution in [0.5, 0.6) is 0 Å². The lowest BCUT2D eigenvalue weighted by molar-refractivity contribution is -0.144. The zero-order valence-corrected chi connectivity index (χ0v) is 14.1. The first-order valence-electron chi connectivity index (χ1n) is 8.64. The third-order valence-electron chi connectivity index (χ3n) is 6.53. The molecule has 0 aromatic rings. The molecule has 2 aliphatic carbocycles. The van der Waals surface area contributed by atoms with Gasteiger partial charge in [-0.2, -0.15) is 0 Å². The first-order valence-corrected chi connectivity index (χ1v) is 8.64. The molecule has 1 saturated heterocycles. The molecule has 0 N–H and O–H groups in total. The van der Waals surface area contributed by atoms with Crippen LogP contribution in [0.4, 0.5) is 0 Å². The van der Waals surface area contributed by atoms with Gasteiger partial charge in [0.1, 0.15) is 11.6 Å². The molecule has 2 saturated carbocycles. The van der Waals surface area contributed by atoms with Crippen molar-refractivity contribution in [3.63, 3.8) is 0 Å². The number of fused-ring (bicyclic) bond motifs is 2. The Morgan fingerprint density at radius 2 is 2.00 bits per heavy atom. The van der Waals surface area contributed by atoms with Crippen LogP contribution in [0, 0.1) is 17.3 Å². The van der Waals surface area contributed by atoms with E-state index >= 15 is 0 Å². The molecule has 0 spiro atoms. The highest BCUT2D eigenvalue weighted by molar-refractivity contribution is 5.89. The van der Waals surface area contributed by atoms with Crippen LogP contribution in [-0.2, 0) is 14.3 Å². The maximum atomic E-state index is 12.7. The van der Waals surface area contributed by atoms with E-state index in [9.17, 15) is 9.59 Å². The molecule has 22 heavy (non-hydrogen) atoms. The van der Waals surface area contributed by atoms with Crippen LogP contribution < -0.4 is 0 Å². The van der Waals surface area contributed by atoms with Crippen molar-refractivity contribution < 1.29 is 14.3 Å². The Labute approximate surface area is 133 Å². The van der Waals surface area contributed by atoms with E-state index in [1.165, 1.54) is 5.57 Å². The van der Waals surface area contributed by atoms with Crippen LogP contribution in [-0.4, -0.2) is 23.3 Å². The van der Waals surface area contributed by atoms with Crippen LogP contribution in [0.25, 0.3) is 0 Å². The van der Waals surface area contributed by atoms with E-state index in [1.807, 2.05) is 0 Å². The Morgan fingerprint density at radius 3 is 2.68 bits per heavy atom. The fourth-order valence-corrected chi connectivity index (χ4v) is 4.70. The molecule has 1 heterocycles. The third-order valence-corrected chi connectivity index (χ3v) is 6.53. The molecule has 5 atom stereocenters. The second-order valence-corrected chi connectivity index (χ2v) is 8.11. The van der Waals surface area contributed by atoms with E-state index < -0.39 is 0 Å². The topological polar surface area (TPSA) is 46.7 Å². The maximum Gasteiger partial charge on any atom is 0.139 e. The Morgan fingerprint density at radius 1 is 1.27 bits per heavy atom. The summed E-state index contributed by atoms with van der Waals surface area (Å²) < 4.78 is 5.87. The molecule has 0 amide bonds. The van der Waals surface area contributed by atoms with Crippen molar-refractivity contribution in [3.8, 4) is 0 Å². The Hall–Kier alpha value is -0.960. The van der Waals surface area contributed by atoms with Gasteiger partial charge in [0.05, 0.1) is 11.7 Å². The molecular formula is C19H28O3. The van der Waals surface area contributed by atoms with Gasteiger partial charge in [0.25, 0.3) is 0 Å². The molecule has 3 heteroatoms. The fraction of sp³-hybridized carbons (Fsp3) is 0.789. The number of carbonyl (C=O) groups excluding carboxylic acids is 2. The molecule has 0 bridgehead atoms. The van der Waals surface area contributed by atoms with Crippen LogP contribution in [0.1, 0.15) is 65.7 Å². The summed E-state index contributed by atoms with van der Waals surface area (Å²) in [6.07, 6.45) is 6.29. The minimum absolute atomic E-state index is 0.0358. The molecule has 0 unspecified atom stereocenters. The van der Waals surface area contributed by atoms with Crippen molar-refractivity contribution in [2.45, 2.75) is 77.4 Å². The largest absolute Gasteiger partial charge is 0.366 e. The van der Waals surface area contributed by atoms with Crippen LogP contribution >= 0.6 is 0 Å². The van der Waals surface area contributed by atoms with Gasteiger partial charge in [-0.15, -0.1) is 0 Å². The minimum Gasteiger partial charge on any atom is -0.366 e. The molecule has 3 aliphatic rings. The smallest absolute Gasteiger partial charge is 0.139 e. The highest BCUT2D eigenvalue weighted by Crippen LogP contribution is 2.60. The summed E-state index contributed by atoms with van der Waals surface area (Å²) in [7, 11) is 0. The molecule has 0 aromatic carbocycles. The average Bonchev–Trinajstić information content (AvgIpc) is 3.08. The first-order chi connectivity index (χ1) is 10.3. The van der Waals surface area contributed by atoms with Crippen LogP contribution in [0.15, 0.2) is 12.2 Å². The van der Waals surface area contributed by atoms with Gasteiger partial charge in [-0.25, -0.2) is 0 Å². The molecular weight excluding hydrogens is 276 g/mol. The quantitative estimate of drug-likeness (QED) is 0.585. The van der Waals surface area contributed by atoms with E-state index in [4.69, 9.17) is 4.74 Å². The predicted octanol–water partition coefficient (Wildman–Crippen LogP) is 3.85. The summed E-state index contributed by atoms with van der Waals surface area (Å²) in [5, 5.41) is 0. The number of hydrogen-bond acceptors (Lipinski definition) is 3. The van der Waals surface area contributed by atoms with Gasteiger partial charge < -0.3 is 9.53 Å². The zero-order chi connectivity index (χ0) is 16.1. The number of allylic oxidation sites excluding steroid dienone is 1. The van der Waals surface area contributed by atoms with E-state index in [1.54, 1.807) is 6.92 Å². The Kier molecular flexibility index (Phi) is 3.83. The first kappa shape index (κ1) is 15.9. The molecule has 3 rings (SSSR count). The lowest BCUT2D eigenvalue weighted by Crippen LogP contribution is -2.51. The second-order valence-electron chi connectivity index (χ2n) is 8.11. The Balaban J connectivity index is 1.71. The van der Waals surface area contributed by atoms with Crippen molar-refractivity contribution in [1.29, 1.82) is 0 Å². The number of carbonyl (C=O) groups is 2. The molecule has 0 radical (unpaired) electrons.